The fourth-order valence-corrected chi connectivity index (χ4v) is 4.06. The van der Waals surface area contributed by atoms with Crippen LogP contribution >= 0.6 is 0 Å². The summed E-state index contributed by atoms with van der Waals surface area (Å²) in [6.07, 6.45) is 4.28. The van der Waals surface area contributed by atoms with Crippen LogP contribution in [0.2, 0.25) is 0 Å². The monoisotopic (exact) mass is 327 g/mol. The summed E-state index contributed by atoms with van der Waals surface area (Å²) in [6, 6.07) is 9.76. The van der Waals surface area contributed by atoms with Gasteiger partial charge in [0.2, 0.25) is 11.8 Å². The van der Waals surface area contributed by atoms with Crippen LogP contribution in [0, 0.1) is 23.7 Å². The van der Waals surface area contributed by atoms with Crippen molar-refractivity contribution in [3.05, 3.63) is 48.0 Å². The molecule has 24 heavy (non-hydrogen) atoms. The van der Waals surface area contributed by atoms with Gasteiger partial charge in [-0.3, -0.25) is 14.5 Å². The lowest BCUT2D eigenvalue weighted by atomic mass is 9.72. The lowest BCUT2D eigenvalue weighted by molar-refractivity contribution is -0.873. The van der Waals surface area contributed by atoms with Crippen LogP contribution in [-0.2, 0) is 16.1 Å². The third kappa shape index (κ3) is 3.16. The van der Waals surface area contributed by atoms with Crippen LogP contribution in [0.4, 0.5) is 0 Å². The van der Waals surface area contributed by atoms with Crippen LogP contribution in [0.15, 0.2) is 42.5 Å². The zero-order valence-electron chi connectivity index (χ0n) is 15.0. The number of imide groups is 1. The van der Waals surface area contributed by atoms with E-state index in [4.69, 9.17) is 0 Å². The Morgan fingerprint density at radius 2 is 1.58 bits per heavy atom. The van der Waals surface area contributed by atoms with Crippen molar-refractivity contribution in [2.75, 3.05) is 27.7 Å². The molecule has 128 valence electrons. The van der Waals surface area contributed by atoms with Crippen LogP contribution < -0.4 is 0 Å². The third-order valence-corrected chi connectivity index (χ3v) is 5.12. The minimum atomic E-state index is -0.210. The maximum absolute atomic E-state index is 13.1. The maximum atomic E-state index is 13.1. The first kappa shape index (κ1) is 16.9. The summed E-state index contributed by atoms with van der Waals surface area (Å²) in [5.41, 5.74) is 1.00. The van der Waals surface area contributed by atoms with Crippen molar-refractivity contribution >= 4 is 11.8 Å². The highest BCUT2D eigenvalue weighted by Gasteiger charge is 2.54. The first-order chi connectivity index (χ1) is 11.3. The van der Waals surface area contributed by atoms with Crippen molar-refractivity contribution < 1.29 is 14.1 Å². The molecule has 0 bridgehead atoms. The zero-order chi connectivity index (χ0) is 17.5. The number of carbonyl (C=O) groups is 2. The third-order valence-electron chi connectivity index (χ3n) is 5.12. The average molecular weight is 327 g/mol. The molecule has 1 aromatic carbocycles. The molecule has 1 heterocycles. The van der Waals surface area contributed by atoms with Crippen molar-refractivity contribution in [3.63, 3.8) is 0 Å². The molecule has 1 aliphatic heterocycles. The van der Waals surface area contributed by atoms with E-state index in [0.717, 1.165) is 16.6 Å². The van der Waals surface area contributed by atoms with Gasteiger partial charge in [0, 0.05) is 5.92 Å². The normalized spacial score (nSPS) is 29.9. The first-order valence-corrected chi connectivity index (χ1v) is 8.66. The Morgan fingerprint density at radius 1 is 0.958 bits per heavy atom. The minimum absolute atomic E-state index is 0.00267. The molecule has 4 heteroatoms. The molecular weight excluding hydrogens is 300 g/mol. The highest BCUT2D eigenvalue weighted by Crippen LogP contribution is 2.42. The number of amides is 2. The molecule has 2 amide bonds. The standard InChI is InChI=1S/C20H27N2O2/c1-14-10-11-16(13-22(2,3)4)18-17(14)19(23)21(20(18)24)12-15-8-6-5-7-9-15/h5-11,14,16-18H,12-13H2,1-4H3/q+1. The van der Waals surface area contributed by atoms with Crippen LogP contribution in [0.3, 0.4) is 0 Å². The molecule has 4 nitrogen and oxygen atoms in total. The Kier molecular flexibility index (Phi) is 4.35. The maximum Gasteiger partial charge on any atom is 0.234 e. The van der Waals surface area contributed by atoms with Crippen LogP contribution in [-0.4, -0.2) is 48.9 Å². The Morgan fingerprint density at radius 3 is 2.21 bits per heavy atom. The van der Waals surface area contributed by atoms with Crippen molar-refractivity contribution in [2.45, 2.75) is 13.5 Å². The summed E-state index contributed by atoms with van der Waals surface area (Å²) in [5.74, 6) is -0.165. The summed E-state index contributed by atoms with van der Waals surface area (Å²) in [5, 5.41) is 0. The topological polar surface area (TPSA) is 37.4 Å². The molecule has 1 aliphatic carbocycles. The second-order valence-electron chi connectivity index (χ2n) is 8.18. The predicted molar refractivity (Wildman–Crippen MR) is 93.7 cm³/mol. The largest absolute Gasteiger partial charge is 0.330 e. The Hall–Kier alpha value is -1.94. The molecule has 1 saturated heterocycles. The fraction of sp³-hybridized carbons (Fsp3) is 0.500. The number of hydrogen-bond acceptors (Lipinski definition) is 2. The molecule has 4 unspecified atom stereocenters. The highest BCUT2D eigenvalue weighted by atomic mass is 16.2. The minimum Gasteiger partial charge on any atom is -0.330 e. The Labute approximate surface area is 144 Å². The SMILES string of the molecule is CC1C=CC(C[N+](C)(C)C)C2C(=O)N(Cc3ccccc3)C(=O)C12. The molecule has 4 atom stereocenters. The van der Waals surface area contributed by atoms with Gasteiger partial charge in [-0.05, 0) is 11.5 Å². The smallest absolute Gasteiger partial charge is 0.234 e. The number of quaternary nitrogens is 1. The average Bonchev–Trinajstić information content (AvgIpc) is 2.76. The van der Waals surface area contributed by atoms with Crippen LogP contribution in [0.1, 0.15) is 12.5 Å². The molecule has 0 spiro atoms. The Bertz CT molecular complexity index is 660. The second-order valence-corrected chi connectivity index (χ2v) is 8.18. The molecule has 3 rings (SSSR count). The molecule has 0 radical (unpaired) electrons. The number of carbonyl (C=O) groups excluding carboxylic acids is 2. The molecule has 0 N–H and O–H groups in total. The highest BCUT2D eigenvalue weighted by molar-refractivity contribution is 6.05. The van der Waals surface area contributed by atoms with Crippen LogP contribution in [0.25, 0.3) is 0 Å². The van der Waals surface area contributed by atoms with Crippen molar-refractivity contribution in [2.24, 2.45) is 23.7 Å². The molecular formula is C20H27N2O2+. The summed E-state index contributed by atoms with van der Waals surface area (Å²) in [6.45, 7) is 3.30. The van der Waals surface area contributed by atoms with Gasteiger partial charge in [0.25, 0.3) is 0 Å². The van der Waals surface area contributed by atoms with E-state index in [-0.39, 0.29) is 35.5 Å². The van der Waals surface area contributed by atoms with E-state index in [1.807, 2.05) is 37.3 Å². The number of likely N-dealkylation sites (tertiary alicyclic amines) is 1. The summed E-state index contributed by atoms with van der Waals surface area (Å²) in [7, 11) is 6.39. The van der Waals surface area contributed by atoms with Crippen LogP contribution in [0.5, 0.6) is 0 Å². The van der Waals surface area contributed by atoms with Gasteiger partial charge in [-0.2, -0.15) is 0 Å². The number of rotatable bonds is 4. The summed E-state index contributed by atoms with van der Waals surface area (Å²) in [4.78, 5) is 27.5. The lowest BCUT2D eigenvalue weighted by Gasteiger charge is -2.35. The van der Waals surface area contributed by atoms with Gasteiger partial charge in [-0.25, -0.2) is 0 Å². The number of benzene rings is 1. The quantitative estimate of drug-likeness (QED) is 0.483. The predicted octanol–water partition coefficient (Wildman–Crippen LogP) is 2.32. The molecule has 1 fully saturated rings. The van der Waals surface area contributed by atoms with E-state index in [9.17, 15) is 9.59 Å². The lowest BCUT2D eigenvalue weighted by Crippen LogP contribution is -2.44. The van der Waals surface area contributed by atoms with Gasteiger partial charge in [0.05, 0.1) is 46.1 Å². The van der Waals surface area contributed by atoms with Crippen molar-refractivity contribution in [3.8, 4) is 0 Å². The van der Waals surface area contributed by atoms with E-state index in [0.29, 0.717) is 6.54 Å². The van der Waals surface area contributed by atoms with Gasteiger partial charge in [0.15, 0.2) is 0 Å². The fourth-order valence-electron chi connectivity index (χ4n) is 4.06. The van der Waals surface area contributed by atoms with Crippen molar-refractivity contribution in [1.82, 2.24) is 4.90 Å². The molecule has 0 saturated carbocycles. The zero-order valence-corrected chi connectivity index (χ0v) is 15.0. The first-order valence-electron chi connectivity index (χ1n) is 8.66. The van der Waals surface area contributed by atoms with Gasteiger partial charge >= 0.3 is 0 Å². The van der Waals surface area contributed by atoms with E-state index in [1.165, 1.54) is 4.90 Å². The molecule has 2 aliphatic rings. The van der Waals surface area contributed by atoms with Gasteiger partial charge in [-0.15, -0.1) is 0 Å². The van der Waals surface area contributed by atoms with Gasteiger partial charge in [0.1, 0.15) is 0 Å². The van der Waals surface area contributed by atoms with Gasteiger partial charge < -0.3 is 4.48 Å². The summed E-state index contributed by atoms with van der Waals surface area (Å²) >= 11 is 0. The number of hydrogen-bond donors (Lipinski definition) is 0. The number of allylic oxidation sites excluding steroid dienone is 1. The van der Waals surface area contributed by atoms with E-state index < -0.39 is 0 Å². The number of fused-ring (bicyclic) bond motifs is 1. The van der Waals surface area contributed by atoms with Gasteiger partial charge in [-0.1, -0.05) is 49.4 Å². The van der Waals surface area contributed by atoms with E-state index in [2.05, 4.69) is 33.3 Å². The van der Waals surface area contributed by atoms with E-state index >= 15 is 0 Å². The summed E-state index contributed by atoms with van der Waals surface area (Å²) < 4.78 is 0.784. The molecule has 1 aromatic rings. The van der Waals surface area contributed by atoms with Crippen molar-refractivity contribution in [1.29, 1.82) is 0 Å². The Balaban J connectivity index is 1.87. The molecule has 0 aromatic heterocycles. The second kappa shape index (κ2) is 6.17. The number of nitrogens with zero attached hydrogens (tertiary/aromatic N) is 2. The van der Waals surface area contributed by atoms with E-state index in [1.54, 1.807) is 0 Å².